The number of halogens is 1. The van der Waals surface area contributed by atoms with Gasteiger partial charge in [0.15, 0.2) is 0 Å². The molecule has 1 heterocycles. The van der Waals surface area contributed by atoms with Crippen molar-refractivity contribution < 1.29 is 9.53 Å². The number of benzene rings is 1. The molecule has 5 nitrogen and oxygen atoms in total. The average Bonchev–Trinajstić information content (AvgIpc) is 2.40. The second-order valence-electron chi connectivity index (χ2n) is 3.78. The summed E-state index contributed by atoms with van der Waals surface area (Å²) in [5, 5.41) is 3.64. The molecule has 0 amide bonds. The monoisotopic (exact) mass is 277 g/mol. The summed E-state index contributed by atoms with van der Waals surface area (Å²) in [5.74, 6) is -0.0223. The molecule has 0 atom stereocenters. The molecule has 0 saturated heterocycles. The molecule has 2 rings (SSSR count). The standard InChI is InChI=1S/C13H12ClN3O2/c1-19-13(18)10-6-12(16-7-11(10)15)17-9-4-2-3-8(14)5-9/h2-7H,15H2,1H3,(H,16,17). The van der Waals surface area contributed by atoms with Crippen LogP contribution in [0.25, 0.3) is 0 Å². The Morgan fingerprint density at radius 3 is 2.89 bits per heavy atom. The molecule has 0 saturated carbocycles. The summed E-state index contributed by atoms with van der Waals surface area (Å²) in [7, 11) is 1.30. The molecule has 0 spiro atoms. The molecule has 1 aromatic heterocycles. The van der Waals surface area contributed by atoms with Crippen LogP contribution in [0.4, 0.5) is 17.2 Å². The highest BCUT2D eigenvalue weighted by Gasteiger charge is 2.11. The Bertz CT molecular complexity index is 617. The van der Waals surface area contributed by atoms with Crippen LogP contribution in [-0.2, 0) is 4.74 Å². The second kappa shape index (κ2) is 5.58. The van der Waals surface area contributed by atoms with Gasteiger partial charge in [-0.3, -0.25) is 0 Å². The zero-order chi connectivity index (χ0) is 13.8. The number of carbonyl (C=O) groups excluding carboxylic acids is 1. The van der Waals surface area contributed by atoms with E-state index in [0.29, 0.717) is 10.8 Å². The van der Waals surface area contributed by atoms with Crippen LogP contribution in [0.5, 0.6) is 0 Å². The molecule has 0 radical (unpaired) electrons. The molecule has 0 aliphatic rings. The molecule has 0 fully saturated rings. The van der Waals surface area contributed by atoms with Crippen LogP contribution in [0, 0.1) is 0 Å². The van der Waals surface area contributed by atoms with Gasteiger partial charge in [-0.15, -0.1) is 0 Å². The van der Waals surface area contributed by atoms with E-state index in [-0.39, 0.29) is 11.3 Å². The van der Waals surface area contributed by atoms with Gasteiger partial charge in [-0.05, 0) is 24.3 Å². The number of esters is 1. The molecule has 98 valence electrons. The minimum atomic E-state index is -0.506. The summed E-state index contributed by atoms with van der Waals surface area (Å²) < 4.78 is 4.65. The van der Waals surface area contributed by atoms with Crippen molar-refractivity contribution in [2.45, 2.75) is 0 Å². The van der Waals surface area contributed by atoms with E-state index in [1.807, 2.05) is 12.1 Å². The lowest BCUT2D eigenvalue weighted by atomic mass is 10.2. The Labute approximate surface area is 115 Å². The molecule has 1 aromatic carbocycles. The Hall–Kier alpha value is -2.27. The number of nitrogens with two attached hydrogens (primary N) is 1. The molecule has 0 aliphatic carbocycles. The van der Waals surface area contributed by atoms with Gasteiger partial charge in [-0.2, -0.15) is 0 Å². The van der Waals surface area contributed by atoms with Gasteiger partial charge < -0.3 is 15.8 Å². The number of nitrogens with one attached hydrogen (secondary N) is 1. The lowest BCUT2D eigenvalue weighted by Crippen LogP contribution is -2.07. The summed E-state index contributed by atoms with van der Waals surface area (Å²) in [5.41, 5.74) is 6.97. The van der Waals surface area contributed by atoms with Gasteiger partial charge in [0.25, 0.3) is 0 Å². The quantitative estimate of drug-likeness (QED) is 0.844. The number of ether oxygens (including phenoxy) is 1. The smallest absolute Gasteiger partial charge is 0.340 e. The summed E-state index contributed by atoms with van der Waals surface area (Å²) in [4.78, 5) is 15.6. The van der Waals surface area contributed by atoms with Gasteiger partial charge in [-0.1, -0.05) is 17.7 Å². The van der Waals surface area contributed by atoms with Crippen molar-refractivity contribution in [3.05, 3.63) is 47.1 Å². The van der Waals surface area contributed by atoms with Crippen LogP contribution >= 0.6 is 11.6 Å². The van der Waals surface area contributed by atoms with Gasteiger partial charge >= 0.3 is 5.97 Å². The van der Waals surface area contributed by atoms with Crippen LogP contribution in [0.2, 0.25) is 5.02 Å². The molecule has 19 heavy (non-hydrogen) atoms. The van der Waals surface area contributed by atoms with E-state index in [0.717, 1.165) is 5.69 Å². The predicted octanol–water partition coefficient (Wildman–Crippen LogP) is 2.85. The fraction of sp³-hybridized carbons (Fsp3) is 0.0769. The Balaban J connectivity index is 2.29. The van der Waals surface area contributed by atoms with Crippen LogP contribution < -0.4 is 11.1 Å². The van der Waals surface area contributed by atoms with Gasteiger partial charge in [0.05, 0.1) is 24.6 Å². The van der Waals surface area contributed by atoms with Crippen molar-refractivity contribution >= 4 is 34.8 Å². The minimum absolute atomic E-state index is 0.266. The number of pyridine rings is 1. The number of anilines is 3. The third-order valence-electron chi connectivity index (χ3n) is 2.44. The van der Waals surface area contributed by atoms with Crippen molar-refractivity contribution in [1.82, 2.24) is 4.98 Å². The minimum Gasteiger partial charge on any atom is -0.465 e. The first kappa shape index (κ1) is 13.2. The van der Waals surface area contributed by atoms with E-state index in [2.05, 4.69) is 15.0 Å². The van der Waals surface area contributed by atoms with Gasteiger partial charge in [-0.25, -0.2) is 9.78 Å². The van der Waals surface area contributed by atoms with Gasteiger partial charge in [0.1, 0.15) is 5.82 Å². The maximum absolute atomic E-state index is 11.5. The second-order valence-corrected chi connectivity index (χ2v) is 4.22. The lowest BCUT2D eigenvalue weighted by Gasteiger charge is -2.08. The number of nitrogens with zero attached hydrogens (tertiary/aromatic N) is 1. The van der Waals surface area contributed by atoms with E-state index in [1.165, 1.54) is 19.4 Å². The zero-order valence-electron chi connectivity index (χ0n) is 10.2. The fourth-order valence-electron chi connectivity index (χ4n) is 1.54. The number of carbonyl (C=O) groups is 1. The SMILES string of the molecule is COC(=O)c1cc(Nc2cccc(Cl)c2)ncc1N. The number of aromatic nitrogens is 1. The van der Waals surface area contributed by atoms with Crippen molar-refractivity contribution in [1.29, 1.82) is 0 Å². The van der Waals surface area contributed by atoms with Crippen molar-refractivity contribution in [3.63, 3.8) is 0 Å². The summed E-state index contributed by atoms with van der Waals surface area (Å²) in [6.45, 7) is 0. The number of methoxy groups -OCH3 is 1. The van der Waals surface area contributed by atoms with Gasteiger partial charge in [0, 0.05) is 10.7 Å². The van der Waals surface area contributed by atoms with Crippen LogP contribution in [0.1, 0.15) is 10.4 Å². The van der Waals surface area contributed by atoms with Crippen LogP contribution in [-0.4, -0.2) is 18.1 Å². The Morgan fingerprint density at radius 1 is 1.42 bits per heavy atom. The summed E-state index contributed by atoms with van der Waals surface area (Å²) in [6, 6.07) is 8.69. The largest absolute Gasteiger partial charge is 0.465 e. The van der Waals surface area contributed by atoms with E-state index >= 15 is 0 Å². The summed E-state index contributed by atoms with van der Waals surface area (Å²) in [6.07, 6.45) is 1.40. The van der Waals surface area contributed by atoms with E-state index < -0.39 is 5.97 Å². The van der Waals surface area contributed by atoms with Gasteiger partial charge in [0.2, 0.25) is 0 Å². The molecule has 0 aliphatic heterocycles. The molecule has 6 heteroatoms. The first-order valence-corrected chi connectivity index (χ1v) is 5.84. The Morgan fingerprint density at radius 2 is 2.21 bits per heavy atom. The third-order valence-corrected chi connectivity index (χ3v) is 2.67. The van der Waals surface area contributed by atoms with Crippen LogP contribution in [0.15, 0.2) is 36.5 Å². The third kappa shape index (κ3) is 3.14. The zero-order valence-corrected chi connectivity index (χ0v) is 10.9. The number of hydrogen-bond donors (Lipinski definition) is 2. The van der Waals surface area contributed by atoms with Crippen molar-refractivity contribution in [2.75, 3.05) is 18.2 Å². The molecular weight excluding hydrogens is 266 g/mol. The first-order chi connectivity index (χ1) is 9.10. The molecular formula is C13H12ClN3O2. The maximum Gasteiger partial charge on any atom is 0.340 e. The van der Waals surface area contributed by atoms with Crippen molar-refractivity contribution in [2.24, 2.45) is 0 Å². The number of hydrogen-bond acceptors (Lipinski definition) is 5. The molecule has 0 unspecified atom stereocenters. The van der Waals surface area contributed by atoms with Crippen molar-refractivity contribution in [3.8, 4) is 0 Å². The summed E-state index contributed by atoms with van der Waals surface area (Å²) >= 11 is 5.89. The normalized spacial score (nSPS) is 10.0. The first-order valence-electron chi connectivity index (χ1n) is 5.46. The topological polar surface area (TPSA) is 77.2 Å². The fourth-order valence-corrected chi connectivity index (χ4v) is 1.73. The maximum atomic E-state index is 11.5. The Kier molecular flexibility index (Phi) is 3.87. The van der Waals surface area contributed by atoms with Crippen LogP contribution in [0.3, 0.4) is 0 Å². The van der Waals surface area contributed by atoms with E-state index in [4.69, 9.17) is 17.3 Å². The molecule has 0 bridgehead atoms. The average molecular weight is 278 g/mol. The molecule has 3 N–H and O–H groups in total. The highest BCUT2D eigenvalue weighted by molar-refractivity contribution is 6.30. The number of nitrogen functional groups attached to an aromatic ring is 1. The predicted molar refractivity (Wildman–Crippen MR) is 74.7 cm³/mol. The lowest BCUT2D eigenvalue weighted by molar-refractivity contribution is 0.0602. The number of rotatable bonds is 3. The molecule has 2 aromatic rings. The highest BCUT2D eigenvalue weighted by Crippen LogP contribution is 2.21. The van der Waals surface area contributed by atoms with E-state index in [9.17, 15) is 4.79 Å². The van der Waals surface area contributed by atoms with E-state index in [1.54, 1.807) is 12.1 Å². The highest BCUT2D eigenvalue weighted by atomic mass is 35.5.